The Balaban J connectivity index is 1.58. The summed E-state index contributed by atoms with van der Waals surface area (Å²) in [4.78, 5) is 5.10. The highest BCUT2D eigenvalue weighted by Gasteiger charge is 2.39. The molecule has 0 saturated heterocycles. The van der Waals surface area contributed by atoms with E-state index in [2.05, 4.69) is 66.0 Å². The molecule has 2 aromatic rings. The fraction of sp³-hybridized carbons (Fsp3) is 0.483. The van der Waals surface area contributed by atoms with Gasteiger partial charge < -0.3 is 10.1 Å². The predicted molar refractivity (Wildman–Crippen MR) is 135 cm³/mol. The second-order valence-corrected chi connectivity index (χ2v) is 9.40. The first kappa shape index (κ1) is 22.8. The summed E-state index contributed by atoms with van der Waals surface area (Å²) in [6.45, 7) is 0. The van der Waals surface area contributed by atoms with Gasteiger partial charge in [0.25, 0.3) is 0 Å². The van der Waals surface area contributed by atoms with Crippen molar-refractivity contribution in [2.24, 2.45) is 4.99 Å². The van der Waals surface area contributed by atoms with Crippen LogP contribution in [0.3, 0.4) is 0 Å². The van der Waals surface area contributed by atoms with Crippen molar-refractivity contribution in [2.75, 3.05) is 7.11 Å². The van der Waals surface area contributed by atoms with Gasteiger partial charge in [-0.3, -0.25) is 4.99 Å². The number of aliphatic imine (C=N–C) groups is 1. The van der Waals surface area contributed by atoms with E-state index in [0.717, 1.165) is 25.0 Å². The Labute approximate surface area is 194 Å². The number of hydrogen-bond donors (Lipinski definition) is 1. The third-order valence-electron chi connectivity index (χ3n) is 7.16. The number of hydrogen-bond acceptors (Lipinski definition) is 3. The molecule has 0 radical (unpaired) electrons. The van der Waals surface area contributed by atoms with E-state index in [4.69, 9.17) is 9.73 Å². The summed E-state index contributed by atoms with van der Waals surface area (Å²) in [7, 11) is 1.76. The first-order chi connectivity index (χ1) is 15.8. The minimum atomic E-state index is -0.272. The minimum absolute atomic E-state index is 0.272. The van der Waals surface area contributed by atoms with E-state index in [9.17, 15) is 0 Å². The summed E-state index contributed by atoms with van der Waals surface area (Å²) in [5.41, 5.74) is 2.35. The summed E-state index contributed by atoms with van der Waals surface area (Å²) < 4.78 is 5.69. The molecule has 2 aliphatic rings. The van der Waals surface area contributed by atoms with E-state index in [0.29, 0.717) is 6.04 Å². The van der Waals surface area contributed by atoms with E-state index in [1.54, 1.807) is 7.11 Å². The molecule has 2 aromatic carbocycles. The highest BCUT2D eigenvalue weighted by Crippen LogP contribution is 2.33. The van der Waals surface area contributed by atoms with Crippen molar-refractivity contribution < 1.29 is 4.74 Å². The van der Waals surface area contributed by atoms with Crippen LogP contribution in [0.1, 0.15) is 62.5 Å². The topological polar surface area (TPSA) is 33.6 Å². The predicted octanol–water partition coefficient (Wildman–Crippen LogP) is 6.32. The number of methoxy groups -OCH3 is 1. The van der Waals surface area contributed by atoms with Crippen LogP contribution in [0.25, 0.3) is 0 Å². The molecular formula is C29H38N2O. The van der Waals surface area contributed by atoms with Crippen molar-refractivity contribution >= 4 is 6.21 Å². The van der Waals surface area contributed by atoms with Crippen LogP contribution >= 0.6 is 0 Å². The van der Waals surface area contributed by atoms with E-state index in [1.165, 1.54) is 56.1 Å². The maximum atomic E-state index is 5.69. The highest BCUT2D eigenvalue weighted by atomic mass is 16.5. The summed E-state index contributed by atoms with van der Waals surface area (Å²) in [5, 5.41) is 4.13. The molecule has 32 heavy (non-hydrogen) atoms. The maximum Gasteiger partial charge on any atom is 0.122 e. The van der Waals surface area contributed by atoms with Crippen molar-refractivity contribution in [1.82, 2.24) is 5.32 Å². The molecule has 1 saturated carbocycles. The quantitative estimate of drug-likeness (QED) is 0.505. The Bertz CT molecular complexity index is 869. The lowest BCUT2D eigenvalue weighted by molar-refractivity contribution is 0.275. The van der Waals surface area contributed by atoms with E-state index in [1.807, 2.05) is 12.3 Å². The van der Waals surface area contributed by atoms with Gasteiger partial charge in [-0.15, -0.1) is 0 Å². The maximum absolute atomic E-state index is 5.69. The Kier molecular flexibility index (Phi) is 8.17. The Hall–Kier alpha value is -2.39. The molecule has 1 heterocycles. The zero-order valence-electron chi connectivity index (χ0n) is 19.5. The average Bonchev–Trinajstić information content (AvgIpc) is 3.28. The van der Waals surface area contributed by atoms with Gasteiger partial charge in [0.2, 0.25) is 0 Å². The van der Waals surface area contributed by atoms with Crippen LogP contribution in [-0.2, 0) is 12.8 Å². The number of nitrogens with zero attached hydrogens (tertiary/aromatic N) is 1. The van der Waals surface area contributed by atoms with Crippen molar-refractivity contribution in [2.45, 2.75) is 81.8 Å². The first-order valence-electron chi connectivity index (χ1n) is 12.4. The van der Waals surface area contributed by atoms with Gasteiger partial charge in [0.1, 0.15) is 5.75 Å². The fourth-order valence-electron chi connectivity index (χ4n) is 5.36. The van der Waals surface area contributed by atoms with Crippen molar-refractivity contribution in [1.29, 1.82) is 0 Å². The molecule has 2 atom stereocenters. The lowest BCUT2D eigenvalue weighted by Crippen LogP contribution is -2.53. The molecule has 0 amide bonds. The molecule has 0 bridgehead atoms. The molecule has 3 nitrogen and oxygen atoms in total. The Morgan fingerprint density at radius 3 is 2.41 bits per heavy atom. The van der Waals surface area contributed by atoms with Gasteiger partial charge in [0, 0.05) is 24.7 Å². The van der Waals surface area contributed by atoms with Gasteiger partial charge in [0.15, 0.2) is 0 Å². The smallest absolute Gasteiger partial charge is 0.122 e. The molecule has 0 spiro atoms. The molecule has 1 aliphatic heterocycles. The zero-order valence-corrected chi connectivity index (χ0v) is 19.5. The molecule has 3 heteroatoms. The number of benzene rings is 2. The first-order valence-corrected chi connectivity index (χ1v) is 12.4. The van der Waals surface area contributed by atoms with Crippen molar-refractivity contribution in [3.8, 4) is 5.75 Å². The van der Waals surface area contributed by atoms with Crippen LogP contribution in [-0.4, -0.2) is 30.9 Å². The lowest BCUT2D eigenvalue weighted by Gasteiger charge is -2.38. The molecule has 170 valence electrons. The second kappa shape index (κ2) is 11.5. The third-order valence-corrected chi connectivity index (χ3v) is 7.16. The highest BCUT2D eigenvalue weighted by molar-refractivity contribution is 5.75. The number of ether oxygens (including phenoxy) is 1. The van der Waals surface area contributed by atoms with Crippen LogP contribution in [0.15, 0.2) is 71.7 Å². The fourth-order valence-corrected chi connectivity index (χ4v) is 5.36. The molecule has 1 fully saturated rings. The number of para-hydroxylation sites is 1. The van der Waals surface area contributed by atoms with E-state index < -0.39 is 0 Å². The standard InChI is InChI=1S/C29H38N2O/c1-32-27-18-11-10-15-25(27)23-29(21-12-22-30-29)28(20-19-24-13-6-5-7-14-24)31-26-16-8-3-2-4-9-17-26/h5-7,10-15,18,21-22,26,28,31H,2-4,8-9,16-17,19-20,23H2,1H3. The van der Waals surface area contributed by atoms with Crippen molar-refractivity contribution in [3.63, 3.8) is 0 Å². The van der Waals surface area contributed by atoms with Crippen LogP contribution < -0.4 is 10.1 Å². The van der Waals surface area contributed by atoms with Gasteiger partial charge >= 0.3 is 0 Å². The van der Waals surface area contributed by atoms with E-state index >= 15 is 0 Å². The number of aryl methyl sites for hydroxylation is 1. The molecule has 4 rings (SSSR count). The molecule has 1 aliphatic carbocycles. The van der Waals surface area contributed by atoms with E-state index in [-0.39, 0.29) is 11.6 Å². The minimum Gasteiger partial charge on any atom is -0.496 e. The molecule has 1 N–H and O–H groups in total. The third kappa shape index (κ3) is 5.89. The Morgan fingerprint density at radius 2 is 1.69 bits per heavy atom. The van der Waals surface area contributed by atoms with Gasteiger partial charge in [-0.05, 0) is 49.0 Å². The summed E-state index contributed by atoms with van der Waals surface area (Å²) in [6, 6.07) is 20.1. The van der Waals surface area contributed by atoms with Crippen LogP contribution in [0.5, 0.6) is 5.75 Å². The van der Waals surface area contributed by atoms with Gasteiger partial charge in [-0.2, -0.15) is 0 Å². The van der Waals surface area contributed by atoms with Crippen LogP contribution in [0, 0.1) is 0 Å². The van der Waals surface area contributed by atoms with Crippen LogP contribution in [0.4, 0.5) is 0 Å². The summed E-state index contributed by atoms with van der Waals surface area (Å²) in [6.07, 6.45) is 18.8. The average molecular weight is 431 g/mol. The molecule has 2 unspecified atom stereocenters. The number of rotatable bonds is 9. The number of allylic oxidation sites excluding steroid dienone is 1. The molecular weight excluding hydrogens is 392 g/mol. The van der Waals surface area contributed by atoms with Crippen LogP contribution in [0.2, 0.25) is 0 Å². The number of nitrogens with one attached hydrogen (secondary N) is 1. The lowest BCUT2D eigenvalue weighted by atomic mass is 9.80. The largest absolute Gasteiger partial charge is 0.496 e. The zero-order chi connectivity index (χ0) is 22.1. The van der Waals surface area contributed by atoms with Gasteiger partial charge in [0.05, 0.1) is 12.6 Å². The monoisotopic (exact) mass is 430 g/mol. The molecule has 0 aromatic heterocycles. The SMILES string of the molecule is COc1ccccc1CC1(C(CCc2ccccc2)NC2CCCCCCC2)C=CC=N1. The van der Waals surface area contributed by atoms with Crippen molar-refractivity contribution in [3.05, 3.63) is 77.9 Å². The summed E-state index contributed by atoms with van der Waals surface area (Å²) >= 11 is 0. The normalized spacial score (nSPS) is 22.4. The summed E-state index contributed by atoms with van der Waals surface area (Å²) in [5.74, 6) is 0.954. The van der Waals surface area contributed by atoms with Gasteiger partial charge in [-0.25, -0.2) is 0 Å². The van der Waals surface area contributed by atoms with Gasteiger partial charge in [-0.1, -0.05) is 86.7 Å². The second-order valence-electron chi connectivity index (χ2n) is 9.40. The Morgan fingerprint density at radius 1 is 0.969 bits per heavy atom.